The van der Waals surface area contributed by atoms with Gasteiger partial charge in [-0.05, 0) is 42.7 Å². The molecule has 0 aliphatic rings. The minimum Gasteiger partial charge on any atom is -0.493 e. The zero-order chi connectivity index (χ0) is 27.1. The van der Waals surface area contributed by atoms with E-state index in [1.165, 1.54) is 19.3 Å². The highest BCUT2D eigenvalue weighted by atomic mass is 16.3. The van der Waals surface area contributed by atoms with Gasteiger partial charge in [-0.25, -0.2) is 4.98 Å². The predicted molar refractivity (Wildman–Crippen MR) is 134 cm³/mol. The van der Waals surface area contributed by atoms with Crippen molar-refractivity contribution >= 4 is 34.4 Å². The molecule has 0 fully saturated rings. The van der Waals surface area contributed by atoms with Crippen molar-refractivity contribution in [3.8, 4) is 11.9 Å². The largest absolute Gasteiger partial charge is 0.493 e. The number of hydrogen-bond donors (Lipinski definition) is 5. The topological polar surface area (TPSA) is 177 Å². The molecular weight excluding hydrogens is 476 g/mol. The third-order valence-electron chi connectivity index (χ3n) is 5.70. The van der Waals surface area contributed by atoms with Crippen LogP contribution in [0.4, 0.5) is 0 Å². The van der Waals surface area contributed by atoms with Crippen LogP contribution in [0.25, 0.3) is 10.9 Å². The second-order valence-electron chi connectivity index (χ2n) is 8.95. The lowest BCUT2D eigenvalue weighted by molar-refractivity contribution is -0.140. The number of carbonyl (C=O) groups is 4. The summed E-state index contributed by atoms with van der Waals surface area (Å²) in [6.07, 6.45) is 1.45. The number of rotatable bonds is 10. The number of aromatic amines is 1. The average Bonchev–Trinajstić information content (AvgIpc) is 3.31. The second-order valence-corrected chi connectivity index (χ2v) is 8.95. The molecule has 2 heterocycles. The molecule has 3 rings (SSSR count). The van der Waals surface area contributed by atoms with Gasteiger partial charge >= 0.3 is 0 Å². The number of ketones is 1. The molecule has 11 nitrogen and oxygen atoms in total. The van der Waals surface area contributed by atoms with Crippen LogP contribution in [-0.4, -0.2) is 57.7 Å². The molecule has 0 spiro atoms. The molecule has 3 amide bonds. The van der Waals surface area contributed by atoms with Crippen molar-refractivity contribution in [3.63, 3.8) is 0 Å². The maximum absolute atomic E-state index is 13.3. The Labute approximate surface area is 213 Å². The monoisotopic (exact) mass is 504 g/mol. The van der Waals surface area contributed by atoms with Crippen molar-refractivity contribution in [1.82, 2.24) is 25.9 Å². The fourth-order valence-electron chi connectivity index (χ4n) is 3.84. The third-order valence-corrected chi connectivity index (χ3v) is 5.70. The lowest BCUT2D eigenvalue weighted by atomic mass is 9.99. The van der Waals surface area contributed by atoms with E-state index < -0.39 is 35.6 Å². The van der Waals surface area contributed by atoms with Crippen molar-refractivity contribution in [2.45, 2.75) is 38.8 Å². The highest BCUT2D eigenvalue weighted by Crippen LogP contribution is 2.18. The molecule has 2 atom stereocenters. The number of hydrogen-bond acceptors (Lipinski definition) is 7. The number of nitrogens with one attached hydrogen (secondary N) is 4. The van der Waals surface area contributed by atoms with E-state index in [2.05, 4.69) is 25.9 Å². The van der Waals surface area contributed by atoms with Crippen LogP contribution >= 0.6 is 0 Å². The number of aromatic nitrogens is 2. The number of nitriles is 1. The number of benzene rings is 1. The number of amides is 3. The Balaban J connectivity index is 1.82. The van der Waals surface area contributed by atoms with Gasteiger partial charge in [0.15, 0.2) is 0 Å². The summed E-state index contributed by atoms with van der Waals surface area (Å²) < 4.78 is 0. The molecule has 1 aromatic carbocycles. The number of carbonyl (C=O) groups excluding carboxylic acids is 4. The minimum absolute atomic E-state index is 0.00686. The predicted octanol–water partition coefficient (Wildman–Crippen LogP) is 1.33. The number of pyridine rings is 1. The summed E-state index contributed by atoms with van der Waals surface area (Å²) in [5.74, 6) is -3.33. The zero-order valence-corrected chi connectivity index (χ0v) is 20.7. The number of likely N-dealkylation sites (N-methyl/N-ethyl adjacent to an activating group) is 1. The van der Waals surface area contributed by atoms with E-state index in [-0.39, 0.29) is 35.9 Å². The van der Waals surface area contributed by atoms with Crippen molar-refractivity contribution in [1.29, 1.82) is 5.26 Å². The van der Waals surface area contributed by atoms with Gasteiger partial charge in [0.05, 0.1) is 11.6 Å². The molecule has 37 heavy (non-hydrogen) atoms. The van der Waals surface area contributed by atoms with Crippen LogP contribution in [0.1, 0.15) is 41.9 Å². The maximum Gasteiger partial charge on any atom is 0.289 e. The summed E-state index contributed by atoms with van der Waals surface area (Å²) in [5.41, 5.74) is 1.57. The Bertz CT molecular complexity index is 1370. The summed E-state index contributed by atoms with van der Waals surface area (Å²) in [5, 5.41) is 27.3. The molecule has 0 unspecified atom stereocenters. The van der Waals surface area contributed by atoms with Crippen molar-refractivity contribution in [2.24, 2.45) is 5.92 Å². The Morgan fingerprint density at radius 3 is 2.51 bits per heavy atom. The van der Waals surface area contributed by atoms with Crippen LogP contribution in [-0.2, 0) is 20.8 Å². The molecule has 0 radical (unpaired) electrons. The molecule has 192 valence electrons. The van der Waals surface area contributed by atoms with Crippen LogP contribution in [0.5, 0.6) is 5.88 Å². The quantitative estimate of drug-likeness (QED) is 0.259. The first-order valence-corrected chi connectivity index (χ1v) is 11.7. The Kier molecular flexibility index (Phi) is 8.58. The fourth-order valence-corrected chi connectivity index (χ4v) is 3.84. The molecule has 0 aliphatic carbocycles. The van der Waals surface area contributed by atoms with E-state index in [1.807, 2.05) is 19.9 Å². The van der Waals surface area contributed by atoms with Gasteiger partial charge in [-0.15, -0.1) is 0 Å². The van der Waals surface area contributed by atoms with Gasteiger partial charge in [0.2, 0.25) is 17.6 Å². The van der Waals surface area contributed by atoms with Crippen LogP contribution in [0.3, 0.4) is 0 Å². The van der Waals surface area contributed by atoms with Gasteiger partial charge in [0.25, 0.3) is 11.8 Å². The highest BCUT2D eigenvalue weighted by Gasteiger charge is 2.31. The number of fused-ring (bicyclic) bond motifs is 1. The van der Waals surface area contributed by atoms with Gasteiger partial charge in [-0.3, -0.25) is 19.2 Å². The summed E-state index contributed by atoms with van der Waals surface area (Å²) in [6, 6.07) is 9.34. The number of H-pyrrole nitrogens is 1. The standard InChI is InChI=1S/C26H28N6O5/c1-14(2)9-20(32-25(36)21-12-17-10-15(13-27)6-7-18(17)30-21)24(35)31-19(22(33)26(37)28-3)11-16-5-4-8-29-23(16)34/h4-8,10,12,14,19-20,30H,9,11H2,1-3H3,(H,28,37)(H,29,34)(H,31,35)(H,32,36)/t19-,20-/m0/s1. The number of aromatic hydroxyl groups is 1. The van der Waals surface area contributed by atoms with E-state index in [4.69, 9.17) is 5.26 Å². The molecule has 11 heteroatoms. The third kappa shape index (κ3) is 6.70. The average molecular weight is 505 g/mol. The molecule has 0 aliphatic heterocycles. The van der Waals surface area contributed by atoms with Crippen LogP contribution in [0, 0.1) is 17.2 Å². The number of nitrogens with zero attached hydrogens (tertiary/aromatic N) is 2. The summed E-state index contributed by atoms with van der Waals surface area (Å²) in [6.45, 7) is 3.75. The first kappa shape index (κ1) is 26.9. The lowest BCUT2D eigenvalue weighted by Gasteiger charge is -2.23. The smallest absolute Gasteiger partial charge is 0.289 e. The first-order valence-electron chi connectivity index (χ1n) is 11.7. The molecule has 0 saturated carbocycles. The first-order chi connectivity index (χ1) is 17.6. The van der Waals surface area contributed by atoms with Gasteiger partial charge in [-0.2, -0.15) is 5.26 Å². The minimum atomic E-state index is -1.30. The highest BCUT2D eigenvalue weighted by molar-refractivity contribution is 6.38. The summed E-state index contributed by atoms with van der Waals surface area (Å²) in [4.78, 5) is 57.8. The molecule has 0 bridgehead atoms. The Hall–Kier alpha value is -4.72. The van der Waals surface area contributed by atoms with E-state index in [1.54, 1.807) is 30.3 Å². The van der Waals surface area contributed by atoms with Crippen LogP contribution in [0.15, 0.2) is 42.6 Å². The van der Waals surface area contributed by atoms with E-state index >= 15 is 0 Å². The summed E-state index contributed by atoms with van der Waals surface area (Å²) >= 11 is 0. The van der Waals surface area contributed by atoms with Crippen LogP contribution in [0.2, 0.25) is 0 Å². The molecule has 2 aromatic heterocycles. The second kappa shape index (κ2) is 11.8. The molecule has 3 aromatic rings. The lowest BCUT2D eigenvalue weighted by Crippen LogP contribution is -2.54. The maximum atomic E-state index is 13.3. The SMILES string of the molecule is CNC(=O)C(=O)[C@H](Cc1cccnc1O)NC(=O)[C@H](CC(C)C)NC(=O)c1cc2cc(C#N)ccc2[nH]1. The van der Waals surface area contributed by atoms with E-state index in [0.29, 0.717) is 16.5 Å². The molecular formula is C26H28N6O5. The van der Waals surface area contributed by atoms with E-state index in [9.17, 15) is 24.3 Å². The van der Waals surface area contributed by atoms with Crippen molar-refractivity contribution < 1.29 is 24.3 Å². The van der Waals surface area contributed by atoms with Gasteiger partial charge in [0, 0.05) is 36.1 Å². The van der Waals surface area contributed by atoms with Gasteiger partial charge in [-0.1, -0.05) is 19.9 Å². The number of Topliss-reactive ketones (excluding diaryl/α,β-unsaturated/α-hetero) is 1. The zero-order valence-electron chi connectivity index (χ0n) is 20.7. The summed E-state index contributed by atoms with van der Waals surface area (Å²) in [7, 11) is 1.29. The van der Waals surface area contributed by atoms with Crippen molar-refractivity contribution in [2.75, 3.05) is 7.05 Å². The van der Waals surface area contributed by atoms with Gasteiger partial charge in [0.1, 0.15) is 17.8 Å². The molecule has 0 saturated heterocycles. The van der Waals surface area contributed by atoms with Gasteiger partial charge < -0.3 is 26.0 Å². The van der Waals surface area contributed by atoms with Crippen molar-refractivity contribution in [3.05, 3.63) is 59.4 Å². The normalized spacial score (nSPS) is 12.4. The van der Waals surface area contributed by atoms with Crippen LogP contribution < -0.4 is 16.0 Å². The Morgan fingerprint density at radius 1 is 1.11 bits per heavy atom. The van der Waals surface area contributed by atoms with E-state index in [0.717, 1.165) is 0 Å². The molecule has 5 N–H and O–H groups in total. The fraction of sp³-hybridized carbons (Fsp3) is 0.308. The Morgan fingerprint density at radius 2 is 1.86 bits per heavy atom.